The van der Waals surface area contributed by atoms with Crippen molar-refractivity contribution in [1.29, 1.82) is 0 Å². The Morgan fingerprint density at radius 2 is 2.05 bits per heavy atom. The van der Waals surface area contributed by atoms with Gasteiger partial charge < -0.3 is 15.8 Å². The average Bonchev–Trinajstić information content (AvgIpc) is 2.47. The third kappa shape index (κ3) is 2.83. The number of amides is 1. The number of carbonyl (C=O) groups excluding carboxylic acids is 1. The maximum atomic E-state index is 12.4. The molecule has 2 heterocycles. The molecule has 0 spiro atoms. The molecule has 1 aliphatic rings. The van der Waals surface area contributed by atoms with Crippen LogP contribution in [0.25, 0.3) is 10.8 Å². The number of nitrogens with two attached hydrogens (primary N) is 1. The Labute approximate surface area is 123 Å². The van der Waals surface area contributed by atoms with Gasteiger partial charge >= 0.3 is 0 Å². The monoisotopic (exact) mass is 285 g/mol. The molecule has 2 aromatic rings. The van der Waals surface area contributed by atoms with Crippen LogP contribution in [-0.4, -0.2) is 29.6 Å². The number of nitrogens with one attached hydrogen (secondary N) is 1. The van der Waals surface area contributed by atoms with E-state index in [1.54, 1.807) is 6.07 Å². The van der Waals surface area contributed by atoms with Crippen LogP contribution >= 0.6 is 0 Å². The summed E-state index contributed by atoms with van der Waals surface area (Å²) < 4.78 is 5.34. The minimum absolute atomic E-state index is 0.183. The summed E-state index contributed by atoms with van der Waals surface area (Å²) in [6.07, 6.45) is 1.61. The maximum Gasteiger partial charge on any atom is 0.270 e. The summed E-state index contributed by atoms with van der Waals surface area (Å²) in [5, 5.41) is 4.86. The number of aromatic nitrogens is 1. The Kier molecular flexibility index (Phi) is 3.51. The Morgan fingerprint density at radius 1 is 1.33 bits per heavy atom. The molecule has 1 fully saturated rings. The number of nitrogen functional groups attached to an aromatic ring is 1. The van der Waals surface area contributed by atoms with Crippen LogP contribution in [0.3, 0.4) is 0 Å². The maximum absolute atomic E-state index is 12.4. The third-order valence-electron chi connectivity index (χ3n) is 4.01. The molecule has 0 saturated carbocycles. The van der Waals surface area contributed by atoms with Crippen molar-refractivity contribution in [3.8, 4) is 0 Å². The smallest absolute Gasteiger partial charge is 0.270 e. The zero-order chi connectivity index (χ0) is 14.9. The highest BCUT2D eigenvalue weighted by molar-refractivity contribution is 6.00. The van der Waals surface area contributed by atoms with E-state index in [1.165, 1.54) is 0 Å². The van der Waals surface area contributed by atoms with E-state index in [9.17, 15) is 4.79 Å². The van der Waals surface area contributed by atoms with E-state index < -0.39 is 0 Å². The van der Waals surface area contributed by atoms with E-state index in [0.717, 1.165) is 23.6 Å². The van der Waals surface area contributed by atoms with Gasteiger partial charge in [-0.25, -0.2) is 4.98 Å². The summed E-state index contributed by atoms with van der Waals surface area (Å²) in [5.41, 5.74) is 6.07. The summed E-state index contributed by atoms with van der Waals surface area (Å²) in [6, 6.07) is 9.44. The van der Waals surface area contributed by atoms with Crippen LogP contribution in [0.4, 0.5) is 5.82 Å². The van der Waals surface area contributed by atoms with E-state index >= 15 is 0 Å². The van der Waals surface area contributed by atoms with E-state index in [2.05, 4.69) is 10.3 Å². The van der Waals surface area contributed by atoms with Crippen molar-refractivity contribution in [1.82, 2.24) is 10.3 Å². The van der Waals surface area contributed by atoms with E-state index in [1.807, 2.05) is 31.2 Å². The number of nitrogens with zero attached hydrogens (tertiary/aromatic N) is 1. The number of hydrogen-bond acceptors (Lipinski definition) is 4. The topological polar surface area (TPSA) is 77.2 Å². The van der Waals surface area contributed by atoms with Crippen LogP contribution in [0.1, 0.15) is 30.3 Å². The molecule has 1 aromatic carbocycles. The van der Waals surface area contributed by atoms with Crippen molar-refractivity contribution < 1.29 is 9.53 Å². The van der Waals surface area contributed by atoms with Gasteiger partial charge in [0.1, 0.15) is 11.5 Å². The second-order valence-corrected chi connectivity index (χ2v) is 5.74. The number of carbonyl (C=O) groups is 1. The number of fused-ring (bicyclic) bond motifs is 1. The van der Waals surface area contributed by atoms with E-state index in [-0.39, 0.29) is 11.4 Å². The third-order valence-corrected chi connectivity index (χ3v) is 4.01. The first-order valence-corrected chi connectivity index (χ1v) is 7.13. The standard InChI is InChI=1S/C16H19N3O2/c1-16(6-8-21-9-7-16)19-15(20)13-10-11-4-2-3-5-12(11)14(17)18-13/h2-5,10H,6-9H2,1H3,(H2,17,18)(H,19,20). The van der Waals surface area contributed by atoms with Gasteiger partial charge in [-0.15, -0.1) is 0 Å². The Morgan fingerprint density at radius 3 is 2.81 bits per heavy atom. The lowest BCUT2D eigenvalue weighted by molar-refractivity contribution is 0.0421. The first-order valence-electron chi connectivity index (χ1n) is 7.13. The normalized spacial score (nSPS) is 17.6. The van der Waals surface area contributed by atoms with Crippen molar-refractivity contribution in [2.45, 2.75) is 25.3 Å². The van der Waals surface area contributed by atoms with Crippen LogP contribution in [0.15, 0.2) is 30.3 Å². The van der Waals surface area contributed by atoms with Crippen LogP contribution in [0, 0.1) is 0 Å². The minimum atomic E-state index is -0.239. The van der Waals surface area contributed by atoms with Crippen LogP contribution in [-0.2, 0) is 4.74 Å². The molecule has 1 aromatic heterocycles. The summed E-state index contributed by atoms with van der Waals surface area (Å²) >= 11 is 0. The first-order chi connectivity index (χ1) is 10.1. The number of hydrogen-bond donors (Lipinski definition) is 2. The van der Waals surface area contributed by atoms with Crippen LogP contribution < -0.4 is 11.1 Å². The zero-order valence-corrected chi connectivity index (χ0v) is 12.1. The highest BCUT2D eigenvalue weighted by Gasteiger charge is 2.29. The fourth-order valence-electron chi connectivity index (χ4n) is 2.63. The number of rotatable bonds is 2. The van der Waals surface area contributed by atoms with Gasteiger partial charge in [0.25, 0.3) is 5.91 Å². The lowest BCUT2D eigenvalue weighted by Crippen LogP contribution is -2.49. The molecule has 0 bridgehead atoms. The molecule has 3 rings (SSSR count). The Hall–Kier alpha value is -2.14. The van der Waals surface area contributed by atoms with Gasteiger partial charge in [0, 0.05) is 24.1 Å². The van der Waals surface area contributed by atoms with Gasteiger partial charge in [-0.1, -0.05) is 24.3 Å². The molecule has 0 aliphatic carbocycles. The zero-order valence-electron chi connectivity index (χ0n) is 12.1. The lowest BCUT2D eigenvalue weighted by Gasteiger charge is -2.34. The van der Waals surface area contributed by atoms with E-state index in [0.29, 0.717) is 24.7 Å². The SMILES string of the molecule is CC1(NC(=O)c2cc3ccccc3c(N)n2)CCOCC1. The number of pyridine rings is 1. The van der Waals surface area contributed by atoms with Crippen molar-refractivity contribution >= 4 is 22.5 Å². The lowest BCUT2D eigenvalue weighted by atomic mass is 9.92. The molecule has 21 heavy (non-hydrogen) atoms. The highest BCUT2D eigenvalue weighted by Crippen LogP contribution is 2.22. The van der Waals surface area contributed by atoms with Crippen molar-refractivity contribution in [3.63, 3.8) is 0 Å². The molecule has 0 radical (unpaired) electrons. The van der Waals surface area contributed by atoms with Gasteiger partial charge in [0.2, 0.25) is 0 Å². The fraction of sp³-hybridized carbons (Fsp3) is 0.375. The number of benzene rings is 1. The molecule has 0 atom stereocenters. The summed E-state index contributed by atoms with van der Waals surface area (Å²) in [7, 11) is 0. The van der Waals surface area contributed by atoms with Gasteiger partial charge in [-0.05, 0) is 31.2 Å². The molecule has 5 heteroatoms. The van der Waals surface area contributed by atoms with Crippen LogP contribution in [0.5, 0.6) is 0 Å². The molecule has 110 valence electrons. The van der Waals surface area contributed by atoms with Gasteiger partial charge in [0.15, 0.2) is 0 Å². The number of anilines is 1. The van der Waals surface area contributed by atoms with Crippen LogP contribution in [0.2, 0.25) is 0 Å². The molecule has 1 saturated heterocycles. The second kappa shape index (κ2) is 5.33. The van der Waals surface area contributed by atoms with Gasteiger partial charge in [0.05, 0.1) is 0 Å². The second-order valence-electron chi connectivity index (χ2n) is 5.74. The first kappa shape index (κ1) is 13.8. The van der Waals surface area contributed by atoms with Gasteiger partial charge in [-0.2, -0.15) is 0 Å². The fourth-order valence-corrected chi connectivity index (χ4v) is 2.63. The summed E-state index contributed by atoms with van der Waals surface area (Å²) in [4.78, 5) is 16.7. The Bertz CT molecular complexity index is 678. The molecule has 3 N–H and O–H groups in total. The average molecular weight is 285 g/mol. The summed E-state index contributed by atoms with van der Waals surface area (Å²) in [6.45, 7) is 3.38. The molecule has 0 unspecified atom stereocenters. The highest BCUT2D eigenvalue weighted by atomic mass is 16.5. The predicted octanol–water partition coefficient (Wildman–Crippen LogP) is 2.12. The largest absolute Gasteiger partial charge is 0.383 e. The minimum Gasteiger partial charge on any atom is -0.383 e. The van der Waals surface area contributed by atoms with E-state index in [4.69, 9.17) is 10.5 Å². The quantitative estimate of drug-likeness (QED) is 0.886. The molecular weight excluding hydrogens is 266 g/mol. The molecule has 1 amide bonds. The van der Waals surface area contributed by atoms with Crippen molar-refractivity contribution in [3.05, 3.63) is 36.0 Å². The Balaban J connectivity index is 1.87. The number of ether oxygens (including phenoxy) is 1. The van der Waals surface area contributed by atoms with Gasteiger partial charge in [-0.3, -0.25) is 4.79 Å². The van der Waals surface area contributed by atoms with Crippen molar-refractivity contribution in [2.24, 2.45) is 0 Å². The molecule has 1 aliphatic heterocycles. The molecule has 5 nitrogen and oxygen atoms in total. The molecular formula is C16H19N3O2. The predicted molar refractivity (Wildman–Crippen MR) is 82.1 cm³/mol. The summed E-state index contributed by atoms with van der Waals surface area (Å²) in [5.74, 6) is 0.201. The van der Waals surface area contributed by atoms with Crippen molar-refractivity contribution in [2.75, 3.05) is 18.9 Å².